The first-order valence-electron chi connectivity index (χ1n) is 6.22. The number of hydrogen-bond acceptors (Lipinski definition) is 4. The van der Waals surface area contributed by atoms with Gasteiger partial charge in [-0.3, -0.25) is 14.3 Å². The minimum Gasteiger partial charge on any atom is -0.451 e. The average molecular weight is 284 g/mol. The number of para-hydroxylation sites is 1. The van der Waals surface area contributed by atoms with E-state index in [0.717, 1.165) is 5.39 Å². The Bertz CT molecular complexity index is 785. The minimum absolute atomic E-state index is 0.0412. The number of carbonyl (C=O) groups is 2. The van der Waals surface area contributed by atoms with Crippen molar-refractivity contribution in [2.75, 3.05) is 5.32 Å². The summed E-state index contributed by atoms with van der Waals surface area (Å²) >= 11 is 0. The highest BCUT2D eigenvalue weighted by atomic mass is 16.3. The number of nitrogens with two attached hydrogens (primary N) is 1. The number of fused-ring (bicyclic) bond motifs is 1. The van der Waals surface area contributed by atoms with E-state index in [1.54, 1.807) is 12.1 Å². The number of hydrogen-bond donors (Lipinski definition) is 2. The second kappa shape index (κ2) is 5.12. The molecule has 0 aliphatic rings. The van der Waals surface area contributed by atoms with Crippen LogP contribution in [0.1, 0.15) is 10.6 Å². The van der Waals surface area contributed by atoms with E-state index >= 15 is 0 Å². The van der Waals surface area contributed by atoms with Crippen LogP contribution in [0.3, 0.4) is 0 Å². The lowest BCUT2D eigenvalue weighted by Gasteiger charge is -1.98. The van der Waals surface area contributed by atoms with E-state index in [2.05, 4.69) is 10.4 Å². The quantitative estimate of drug-likeness (QED) is 0.755. The first kappa shape index (κ1) is 12.9. The van der Waals surface area contributed by atoms with E-state index in [1.165, 1.54) is 17.1 Å². The summed E-state index contributed by atoms with van der Waals surface area (Å²) in [6.07, 6.45) is 2.95. The van der Waals surface area contributed by atoms with Crippen molar-refractivity contribution in [2.24, 2.45) is 5.73 Å². The third-order valence-electron chi connectivity index (χ3n) is 2.86. The molecular weight excluding hydrogens is 272 g/mol. The van der Waals surface area contributed by atoms with E-state index in [1.807, 2.05) is 18.2 Å². The normalized spacial score (nSPS) is 10.7. The molecule has 0 radical (unpaired) electrons. The number of anilines is 1. The van der Waals surface area contributed by atoms with Crippen LogP contribution >= 0.6 is 0 Å². The van der Waals surface area contributed by atoms with Crippen LogP contribution < -0.4 is 11.1 Å². The Morgan fingerprint density at radius 3 is 2.90 bits per heavy atom. The van der Waals surface area contributed by atoms with Crippen LogP contribution in [-0.2, 0) is 11.3 Å². The smallest absolute Gasteiger partial charge is 0.291 e. The number of aromatic nitrogens is 2. The van der Waals surface area contributed by atoms with Crippen LogP contribution in [-0.4, -0.2) is 21.6 Å². The van der Waals surface area contributed by atoms with Crippen LogP contribution in [0, 0.1) is 0 Å². The lowest BCUT2D eigenvalue weighted by Crippen LogP contribution is -2.18. The predicted molar refractivity (Wildman–Crippen MR) is 75.6 cm³/mol. The fourth-order valence-electron chi connectivity index (χ4n) is 1.96. The molecule has 1 aromatic carbocycles. The van der Waals surface area contributed by atoms with Crippen molar-refractivity contribution in [1.29, 1.82) is 0 Å². The number of primary amides is 1. The molecule has 0 fully saturated rings. The van der Waals surface area contributed by atoms with Gasteiger partial charge in [0, 0.05) is 11.6 Å². The molecule has 0 unspecified atom stereocenters. The predicted octanol–water partition coefficient (Wildman–Crippen LogP) is 1.37. The molecule has 0 bridgehead atoms. The Labute approximate surface area is 119 Å². The average Bonchev–Trinajstić information content (AvgIpc) is 3.04. The molecular formula is C14H12N4O3. The summed E-state index contributed by atoms with van der Waals surface area (Å²) in [6.45, 7) is -0.0412. The van der Waals surface area contributed by atoms with Crippen molar-refractivity contribution in [3.8, 4) is 0 Å². The molecule has 0 atom stereocenters. The van der Waals surface area contributed by atoms with Gasteiger partial charge in [0.05, 0.1) is 11.9 Å². The van der Waals surface area contributed by atoms with Crippen molar-refractivity contribution in [3.63, 3.8) is 0 Å². The van der Waals surface area contributed by atoms with Gasteiger partial charge in [0.1, 0.15) is 12.1 Å². The van der Waals surface area contributed by atoms with Crippen molar-refractivity contribution in [2.45, 2.75) is 6.54 Å². The Kier molecular flexibility index (Phi) is 3.15. The van der Waals surface area contributed by atoms with Gasteiger partial charge in [0.2, 0.25) is 5.91 Å². The maximum absolute atomic E-state index is 12.1. The molecule has 3 rings (SSSR count). The number of furan rings is 1. The molecule has 0 aliphatic carbocycles. The maximum Gasteiger partial charge on any atom is 0.291 e. The van der Waals surface area contributed by atoms with Crippen molar-refractivity contribution < 1.29 is 14.0 Å². The van der Waals surface area contributed by atoms with Crippen molar-refractivity contribution >= 4 is 28.5 Å². The first-order chi connectivity index (χ1) is 10.1. The van der Waals surface area contributed by atoms with E-state index < -0.39 is 5.91 Å². The first-order valence-corrected chi connectivity index (χ1v) is 6.22. The SMILES string of the molecule is NC(=O)Cn1cc(NC(=O)c2cc3ccccc3o2)cn1. The standard InChI is InChI=1S/C14H12N4O3/c15-13(19)8-18-7-10(6-16-18)17-14(20)12-5-9-3-1-2-4-11(9)21-12/h1-7H,8H2,(H2,15,19)(H,17,20). The Morgan fingerprint density at radius 2 is 2.14 bits per heavy atom. The van der Waals surface area contributed by atoms with Crippen molar-refractivity contribution in [3.05, 3.63) is 48.5 Å². The van der Waals surface area contributed by atoms with E-state index in [9.17, 15) is 9.59 Å². The van der Waals surface area contributed by atoms with Crippen LogP contribution in [0.15, 0.2) is 47.1 Å². The molecule has 106 valence electrons. The molecule has 0 aliphatic heterocycles. The molecule has 0 spiro atoms. The summed E-state index contributed by atoms with van der Waals surface area (Å²) < 4.78 is 6.80. The van der Waals surface area contributed by atoms with Gasteiger partial charge >= 0.3 is 0 Å². The fraction of sp³-hybridized carbons (Fsp3) is 0.0714. The highest BCUT2D eigenvalue weighted by Gasteiger charge is 2.13. The number of benzene rings is 1. The van der Waals surface area contributed by atoms with Crippen LogP contribution in [0.25, 0.3) is 11.0 Å². The molecule has 7 heteroatoms. The van der Waals surface area contributed by atoms with Crippen molar-refractivity contribution in [1.82, 2.24) is 9.78 Å². The highest BCUT2D eigenvalue weighted by Crippen LogP contribution is 2.19. The highest BCUT2D eigenvalue weighted by molar-refractivity contribution is 6.04. The van der Waals surface area contributed by atoms with Crippen LogP contribution in [0.4, 0.5) is 5.69 Å². The van der Waals surface area contributed by atoms with Crippen LogP contribution in [0.2, 0.25) is 0 Å². The molecule has 0 saturated heterocycles. The van der Waals surface area contributed by atoms with E-state index in [4.69, 9.17) is 10.2 Å². The monoisotopic (exact) mass is 284 g/mol. The number of nitrogens with zero attached hydrogens (tertiary/aromatic N) is 2. The second-order valence-corrected chi connectivity index (χ2v) is 4.50. The summed E-state index contributed by atoms with van der Waals surface area (Å²) in [6, 6.07) is 9.02. The lowest BCUT2D eigenvalue weighted by atomic mass is 10.2. The molecule has 21 heavy (non-hydrogen) atoms. The zero-order valence-electron chi connectivity index (χ0n) is 10.9. The third kappa shape index (κ3) is 2.76. The van der Waals surface area contributed by atoms with E-state index in [-0.39, 0.29) is 18.2 Å². The minimum atomic E-state index is -0.506. The van der Waals surface area contributed by atoms with Gasteiger partial charge in [-0.1, -0.05) is 18.2 Å². The summed E-state index contributed by atoms with van der Waals surface area (Å²) in [5.74, 6) is -0.683. The van der Waals surface area contributed by atoms with Gasteiger partial charge in [-0.05, 0) is 12.1 Å². The Balaban J connectivity index is 1.76. The second-order valence-electron chi connectivity index (χ2n) is 4.50. The summed E-state index contributed by atoms with van der Waals surface area (Å²) in [4.78, 5) is 22.9. The zero-order chi connectivity index (χ0) is 14.8. The number of amides is 2. The number of nitrogens with one attached hydrogen (secondary N) is 1. The molecule has 2 heterocycles. The molecule has 2 aromatic heterocycles. The van der Waals surface area contributed by atoms with E-state index in [0.29, 0.717) is 11.3 Å². The van der Waals surface area contributed by atoms with Gasteiger partial charge in [-0.2, -0.15) is 5.10 Å². The maximum atomic E-state index is 12.1. The van der Waals surface area contributed by atoms with Crippen LogP contribution in [0.5, 0.6) is 0 Å². The molecule has 7 nitrogen and oxygen atoms in total. The molecule has 3 N–H and O–H groups in total. The van der Waals surface area contributed by atoms with Gasteiger partial charge < -0.3 is 15.5 Å². The number of carbonyl (C=O) groups excluding carboxylic acids is 2. The third-order valence-corrected chi connectivity index (χ3v) is 2.86. The molecule has 3 aromatic rings. The molecule has 0 saturated carbocycles. The van der Waals surface area contributed by atoms with Gasteiger partial charge in [0.25, 0.3) is 5.91 Å². The summed E-state index contributed by atoms with van der Waals surface area (Å²) in [5.41, 5.74) is 6.17. The van der Waals surface area contributed by atoms with Gasteiger partial charge in [0.15, 0.2) is 5.76 Å². The zero-order valence-corrected chi connectivity index (χ0v) is 10.9. The van der Waals surface area contributed by atoms with Gasteiger partial charge in [-0.25, -0.2) is 0 Å². The summed E-state index contributed by atoms with van der Waals surface area (Å²) in [5, 5.41) is 7.41. The Morgan fingerprint density at radius 1 is 1.33 bits per heavy atom. The van der Waals surface area contributed by atoms with Gasteiger partial charge in [-0.15, -0.1) is 0 Å². The Hall–Kier alpha value is -3.09. The summed E-state index contributed by atoms with van der Waals surface area (Å²) in [7, 11) is 0. The largest absolute Gasteiger partial charge is 0.451 e. The fourth-order valence-corrected chi connectivity index (χ4v) is 1.96. The lowest BCUT2D eigenvalue weighted by molar-refractivity contribution is -0.118. The number of rotatable bonds is 4. The topological polar surface area (TPSA) is 103 Å². The molecule has 2 amide bonds.